The van der Waals surface area contributed by atoms with Crippen LogP contribution in [0.5, 0.6) is 0 Å². The Morgan fingerprint density at radius 2 is 2.25 bits per heavy atom. The highest BCUT2D eigenvalue weighted by molar-refractivity contribution is 9.10. The van der Waals surface area contributed by atoms with Gasteiger partial charge in [-0.2, -0.15) is 0 Å². The van der Waals surface area contributed by atoms with Crippen molar-refractivity contribution in [1.82, 2.24) is 0 Å². The number of carboxylic acids is 1. The zero-order valence-corrected chi connectivity index (χ0v) is 10.6. The van der Waals surface area contributed by atoms with Gasteiger partial charge in [-0.05, 0) is 28.9 Å². The molecule has 0 amide bonds. The lowest BCUT2D eigenvalue weighted by molar-refractivity contribution is -0.385. The van der Waals surface area contributed by atoms with Gasteiger partial charge in [0.15, 0.2) is 0 Å². The number of nitro groups is 1. The Morgan fingerprint density at radius 1 is 1.62 bits per heavy atom. The molecule has 86 valence electrons. The summed E-state index contributed by atoms with van der Waals surface area (Å²) in [5.41, 5.74) is -0.0285. The van der Waals surface area contributed by atoms with Crippen LogP contribution < -0.4 is 0 Å². The minimum atomic E-state index is -0.921. The van der Waals surface area contributed by atoms with Crippen molar-refractivity contribution >= 4 is 39.3 Å². The summed E-state index contributed by atoms with van der Waals surface area (Å²) in [6.07, 6.45) is 0. The first-order valence-electron chi connectivity index (χ1n) is 4.25. The van der Waals surface area contributed by atoms with Crippen LogP contribution in [0.15, 0.2) is 27.6 Å². The van der Waals surface area contributed by atoms with Crippen LogP contribution in [-0.2, 0) is 4.79 Å². The molecule has 0 saturated carbocycles. The molecule has 0 bridgehead atoms. The molecule has 0 aliphatic heterocycles. The molecule has 1 unspecified atom stereocenters. The number of nitro benzene ring substituents is 1. The van der Waals surface area contributed by atoms with Crippen LogP contribution in [0.2, 0.25) is 0 Å². The van der Waals surface area contributed by atoms with Gasteiger partial charge in [-0.1, -0.05) is 0 Å². The van der Waals surface area contributed by atoms with E-state index in [1.807, 2.05) is 0 Å². The topological polar surface area (TPSA) is 80.4 Å². The molecule has 0 radical (unpaired) electrons. The maximum absolute atomic E-state index is 10.6. The number of carbonyl (C=O) groups is 1. The zero-order valence-electron chi connectivity index (χ0n) is 8.21. The van der Waals surface area contributed by atoms with Crippen molar-refractivity contribution in [3.05, 3.63) is 32.8 Å². The van der Waals surface area contributed by atoms with Crippen molar-refractivity contribution in [3.63, 3.8) is 0 Å². The maximum Gasteiger partial charge on any atom is 0.316 e. The summed E-state index contributed by atoms with van der Waals surface area (Å²) in [6, 6.07) is 4.24. The minimum Gasteiger partial charge on any atom is -0.480 e. The highest BCUT2D eigenvalue weighted by atomic mass is 79.9. The second-order valence-electron chi connectivity index (χ2n) is 2.97. The molecule has 0 saturated heterocycles. The number of carboxylic acid groups (broad SMARTS) is 1. The van der Waals surface area contributed by atoms with E-state index < -0.39 is 16.1 Å². The Bertz CT molecular complexity index is 438. The molecule has 0 aliphatic rings. The van der Waals surface area contributed by atoms with Crippen molar-refractivity contribution in [2.45, 2.75) is 17.1 Å². The summed E-state index contributed by atoms with van der Waals surface area (Å²) < 4.78 is 0.528. The number of nitrogens with zero attached hydrogens (tertiary/aromatic N) is 1. The molecule has 1 atom stereocenters. The molecule has 16 heavy (non-hydrogen) atoms. The second-order valence-corrected chi connectivity index (χ2v) is 5.21. The van der Waals surface area contributed by atoms with Gasteiger partial charge in [0.1, 0.15) is 5.25 Å². The van der Waals surface area contributed by atoms with Crippen molar-refractivity contribution in [2.75, 3.05) is 0 Å². The molecular weight excluding hydrogens is 298 g/mol. The van der Waals surface area contributed by atoms with Crippen LogP contribution in [0.3, 0.4) is 0 Å². The highest BCUT2D eigenvalue weighted by Gasteiger charge is 2.16. The van der Waals surface area contributed by atoms with Gasteiger partial charge in [-0.15, -0.1) is 11.8 Å². The Morgan fingerprint density at radius 3 is 2.69 bits per heavy atom. The Labute approximate surface area is 104 Å². The fraction of sp³-hybridized carbons (Fsp3) is 0.222. The molecule has 0 aromatic heterocycles. The Hall–Kier alpha value is -1.08. The normalized spacial score (nSPS) is 12.1. The zero-order chi connectivity index (χ0) is 12.3. The number of hydrogen-bond donors (Lipinski definition) is 1. The van der Waals surface area contributed by atoms with Crippen molar-refractivity contribution in [3.8, 4) is 0 Å². The second kappa shape index (κ2) is 5.31. The van der Waals surface area contributed by atoms with Gasteiger partial charge in [0, 0.05) is 21.5 Å². The summed E-state index contributed by atoms with van der Waals surface area (Å²) in [7, 11) is 0. The third-order valence-corrected chi connectivity index (χ3v) is 3.86. The molecule has 0 aliphatic carbocycles. The number of benzene rings is 1. The summed E-state index contributed by atoms with van der Waals surface area (Å²) in [5, 5.41) is 18.6. The van der Waals surface area contributed by atoms with E-state index in [0.29, 0.717) is 9.37 Å². The average molecular weight is 306 g/mol. The van der Waals surface area contributed by atoms with Gasteiger partial charge >= 0.3 is 5.97 Å². The van der Waals surface area contributed by atoms with Crippen molar-refractivity contribution in [2.24, 2.45) is 0 Å². The average Bonchev–Trinajstić information content (AvgIpc) is 2.20. The lowest BCUT2D eigenvalue weighted by atomic mass is 10.3. The number of halogens is 1. The quantitative estimate of drug-likeness (QED) is 0.525. The number of aliphatic carboxylic acids is 1. The van der Waals surface area contributed by atoms with E-state index in [4.69, 9.17) is 5.11 Å². The third kappa shape index (κ3) is 3.21. The SMILES string of the molecule is CC(Sc1ccc([N+](=O)[O-])cc1Br)C(=O)O. The largest absolute Gasteiger partial charge is 0.480 e. The highest BCUT2D eigenvalue weighted by Crippen LogP contribution is 2.33. The van der Waals surface area contributed by atoms with Crippen LogP contribution in [0.4, 0.5) is 5.69 Å². The monoisotopic (exact) mass is 305 g/mol. The van der Waals surface area contributed by atoms with Crippen molar-refractivity contribution in [1.29, 1.82) is 0 Å². The maximum atomic E-state index is 10.6. The van der Waals surface area contributed by atoms with E-state index in [1.54, 1.807) is 6.92 Å². The predicted octanol–water partition coefficient (Wildman–Crippen LogP) is 2.92. The predicted molar refractivity (Wildman–Crippen MR) is 63.8 cm³/mol. The molecule has 1 aromatic carbocycles. The fourth-order valence-corrected chi connectivity index (χ4v) is 2.39. The molecule has 1 rings (SSSR count). The van der Waals surface area contributed by atoms with E-state index in [0.717, 1.165) is 11.8 Å². The standard InChI is InChI=1S/C9H8BrNO4S/c1-5(9(12)13)16-8-3-2-6(11(14)15)4-7(8)10/h2-5H,1H3,(H,12,13). The Balaban J connectivity index is 2.91. The first-order valence-corrected chi connectivity index (χ1v) is 5.92. The molecule has 1 N–H and O–H groups in total. The third-order valence-electron chi connectivity index (χ3n) is 1.78. The molecule has 1 aromatic rings. The summed E-state index contributed by atoms with van der Waals surface area (Å²) in [4.78, 5) is 21.3. The lowest BCUT2D eigenvalue weighted by Gasteiger charge is -2.07. The number of thioether (sulfide) groups is 1. The van der Waals surface area contributed by atoms with Crippen molar-refractivity contribution < 1.29 is 14.8 Å². The molecule has 0 heterocycles. The van der Waals surface area contributed by atoms with E-state index in [2.05, 4.69) is 15.9 Å². The Kier molecular flexibility index (Phi) is 4.31. The van der Waals surface area contributed by atoms with Gasteiger partial charge in [-0.3, -0.25) is 14.9 Å². The summed E-state index contributed by atoms with van der Waals surface area (Å²) >= 11 is 4.30. The van der Waals surface area contributed by atoms with E-state index in [1.165, 1.54) is 18.2 Å². The van der Waals surface area contributed by atoms with Crippen LogP contribution >= 0.6 is 27.7 Å². The summed E-state index contributed by atoms with van der Waals surface area (Å²) in [6.45, 7) is 1.56. The number of rotatable bonds is 4. The number of hydrogen-bond acceptors (Lipinski definition) is 4. The van der Waals surface area contributed by atoms with Gasteiger partial charge in [0.05, 0.1) is 4.92 Å². The first kappa shape index (κ1) is 13.0. The van der Waals surface area contributed by atoms with Crippen LogP contribution in [0, 0.1) is 10.1 Å². The smallest absolute Gasteiger partial charge is 0.316 e. The summed E-state index contributed by atoms with van der Waals surface area (Å²) in [5.74, 6) is -0.921. The van der Waals surface area contributed by atoms with Gasteiger partial charge in [0.25, 0.3) is 5.69 Å². The number of non-ortho nitro benzene ring substituents is 1. The molecule has 0 fully saturated rings. The lowest BCUT2D eigenvalue weighted by Crippen LogP contribution is -2.11. The van der Waals surface area contributed by atoms with Crippen LogP contribution in [0.1, 0.15) is 6.92 Å². The van der Waals surface area contributed by atoms with Gasteiger partial charge in [0.2, 0.25) is 0 Å². The first-order chi connectivity index (χ1) is 7.41. The molecule has 5 nitrogen and oxygen atoms in total. The molecule has 0 spiro atoms. The van der Waals surface area contributed by atoms with E-state index in [-0.39, 0.29) is 5.69 Å². The van der Waals surface area contributed by atoms with Gasteiger partial charge in [-0.25, -0.2) is 0 Å². The van der Waals surface area contributed by atoms with E-state index in [9.17, 15) is 14.9 Å². The van der Waals surface area contributed by atoms with Crippen LogP contribution in [0.25, 0.3) is 0 Å². The van der Waals surface area contributed by atoms with E-state index >= 15 is 0 Å². The minimum absolute atomic E-state index is 0.0285. The molecule has 7 heteroatoms. The van der Waals surface area contributed by atoms with Gasteiger partial charge < -0.3 is 5.11 Å². The fourth-order valence-electron chi connectivity index (χ4n) is 0.940. The van der Waals surface area contributed by atoms with Crippen LogP contribution in [-0.4, -0.2) is 21.2 Å². The molecular formula is C9H8BrNO4S.